The molecule has 1 aliphatic rings. The summed E-state index contributed by atoms with van der Waals surface area (Å²) >= 11 is 9.21. The van der Waals surface area contributed by atoms with Crippen LogP contribution in [0, 0.1) is 6.92 Å². The minimum atomic E-state index is 0.0264. The number of carbonyl (C=O) groups is 1. The third kappa shape index (κ3) is 2.29. The van der Waals surface area contributed by atoms with Crippen molar-refractivity contribution < 1.29 is 4.79 Å². The highest BCUT2D eigenvalue weighted by Crippen LogP contribution is 2.23. The minimum absolute atomic E-state index is 0.0264. The van der Waals surface area contributed by atoms with Gasteiger partial charge < -0.3 is 0 Å². The molecule has 0 spiro atoms. The van der Waals surface area contributed by atoms with Gasteiger partial charge in [-0.2, -0.15) is 0 Å². The van der Waals surface area contributed by atoms with Crippen molar-refractivity contribution in [2.24, 2.45) is 0 Å². The van der Waals surface area contributed by atoms with Gasteiger partial charge in [-0.1, -0.05) is 27.5 Å². The molecule has 1 fully saturated rings. The van der Waals surface area contributed by atoms with Crippen molar-refractivity contribution >= 4 is 39.4 Å². The maximum Gasteiger partial charge on any atom is 0.233 e. The van der Waals surface area contributed by atoms with Gasteiger partial charge in [0.05, 0.1) is 0 Å². The molecule has 0 saturated carbocycles. The lowest BCUT2D eigenvalue weighted by atomic mass is 10.4. The second-order valence-corrected chi connectivity index (χ2v) is 5.12. The molecule has 1 amide bonds. The SMILES string of the molecule is Cc1cc(Cl)nc(N2CC(Br)CC2=O)n1. The number of halogens is 2. The lowest BCUT2D eigenvalue weighted by molar-refractivity contribution is -0.117. The molecule has 2 rings (SSSR count). The van der Waals surface area contributed by atoms with Crippen LogP contribution < -0.4 is 4.90 Å². The normalized spacial score (nSPS) is 21.1. The number of amides is 1. The Balaban J connectivity index is 2.33. The molecule has 2 heterocycles. The van der Waals surface area contributed by atoms with Crippen LogP contribution in [0.25, 0.3) is 0 Å². The average molecular weight is 291 g/mol. The number of alkyl halides is 1. The highest BCUT2D eigenvalue weighted by molar-refractivity contribution is 9.09. The van der Waals surface area contributed by atoms with E-state index in [0.717, 1.165) is 5.69 Å². The summed E-state index contributed by atoms with van der Waals surface area (Å²) in [5.41, 5.74) is 0.760. The van der Waals surface area contributed by atoms with Crippen molar-refractivity contribution in [2.45, 2.75) is 18.2 Å². The molecule has 0 aliphatic carbocycles. The maximum atomic E-state index is 11.6. The van der Waals surface area contributed by atoms with Crippen LogP contribution in [0.5, 0.6) is 0 Å². The molecule has 1 aromatic heterocycles. The van der Waals surface area contributed by atoms with Gasteiger partial charge in [0, 0.05) is 23.5 Å². The molecule has 0 bridgehead atoms. The molecule has 1 unspecified atom stereocenters. The van der Waals surface area contributed by atoms with E-state index >= 15 is 0 Å². The molecule has 4 nitrogen and oxygen atoms in total. The predicted octanol–water partition coefficient (Wildman–Crippen LogP) is 1.94. The Hall–Kier alpha value is -0.680. The van der Waals surface area contributed by atoms with Crippen LogP contribution in [0.3, 0.4) is 0 Å². The fraction of sp³-hybridized carbons (Fsp3) is 0.444. The molecule has 80 valence electrons. The summed E-state index contributed by atoms with van der Waals surface area (Å²) in [7, 11) is 0. The van der Waals surface area contributed by atoms with E-state index in [-0.39, 0.29) is 10.7 Å². The van der Waals surface area contributed by atoms with Crippen LogP contribution in [0.2, 0.25) is 5.15 Å². The Morgan fingerprint density at radius 2 is 2.33 bits per heavy atom. The van der Waals surface area contributed by atoms with Gasteiger partial charge in [0.25, 0.3) is 0 Å². The fourth-order valence-corrected chi connectivity index (χ4v) is 2.29. The van der Waals surface area contributed by atoms with Gasteiger partial charge >= 0.3 is 0 Å². The van der Waals surface area contributed by atoms with Gasteiger partial charge in [-0.25, -0.2) is 9.97 Å². The molecule has 0 aromatic carbocycles. The van der Waals surface area contributed by atoms with E-state index in [1.807, 2.05) is 6.92 Å². The largest absolute Gasteiger partial charge is 0.279 e. The van der Waals surface area contributed by atoms with E-state index in [1.54, 1.807) is 11.0 Å². The molecular formula is C9H9BrClN3O. The van der Waals surface area contributed by atoms with E-state index in [9.17, 15) is 4.79 Å². The first-order valence-corrected chi connectivity index (χ1v) is 5.81. The number of hydrogen-bond donors (Lipinski definition) is 0. The van der Waals surface area contributed by atoms with Crippen LogP contribution in [-0.4, -0.2) is 27.2 Å². The molecule has 1 aromatic rings. The summed E-state index contributed by atoms with van der Waals surface area (Å²) in [5, 5.41) is 0.364. The number of rotatable bonds is 1. The molecule has 1 atom stereocenters. The van der Waals surface area contributed by atoms with E-state index in [0.29, 0.717) is 24.1 Å². The Morgan fingerprint density at radius 3 is 2.87 bits per heavy atom. The number of hydrogen-bond acceptors (Lipinski definition) is 3. The molecule has 1 aliphatic heterocycles. The third-order valence-electron chi connectivity index (χ3n) is 2.13. The zero-order valence-electron chi connectivity index (χ0n) is 8.07. The number of anilines is 1. The van der Waals surface area contributed by atoms with Crippen molar-refractivity contribution in [3.63, 3.8) is 0 Å². The summed E-state index contributed by atoms with van der Waals surface area (Å²) in [6, 6.07) is 1.66. The number of aryl methyl sites for hydroxylation is 1. The first-order valence-electron chi connectivity index (χ1n) is 4.52. The van der Waals surface area contributed by atoms with E-state index in [2.05, 4.69) is 25.9 Å². The zero-order chi connectivity index (χ0) is 11.0. The second-order valence-electron chi connectivity index (χ2n) is 3.44. The lowest BCUT2D eigenvalue weighted by Gasteiger charge is -2.13. The minimum Gasteiger partial charge on any atom is -0.279 e. The Labute approximate surface area is 101 Å². The van der Waals surface area contributed by atoms with Crippen LogP contribution in [0.15, 0.2) is 6.07 Å². The zero-order valence-corrected chi connectivity index (χ0v) is 10.4. The van der Waals surface area contributed by atoms with Gasteiger partial charge in [-0.05, 0) is 13.0 Å². The Morgan fingerprint density at radius 1 is 1.60 bits per heavy atom. The van der Waals surface area contributed by atoms with Crippen molar-refractivity contribution in [3.05, 3.63) is 16.9 Å². The predicted molar refractivity (Wildman–Crippen MR) is 61.5 cm³/mol. The highest BCUT2D eigenvalue weighted by atomic mass is 79.9. The van der Waals surface area contributed by atoms with Crippen LogP contribution in [-0.2, 0) is 4.79 Å². The number of nitrogens with zero attached hydrogens (tertiary/aromatic N) is 3. The van der Waals surface area contributed by atoms with E-state index < -0.39 is 0 Å². The second kappa shape index (κ2) is 4.06. The van der Waals surface area contributed by atoms with Gasteiger partial charge in [0.1, 0.15) is 5.15 Å². The molecule has 0 N–H and O–H groups in total. The summed E-state index contributed by atoms with van der Waals surface area (Å²) in [4.78, 5) is 21.5. The summed E-state index contributed by atoms with van der Waals surface area (Å²) in [6.45, 7) is 2.42. The van der Waals surface area contributed by atoms with E-state index in [4.69, 9.17) is 11.6 Å². The summed E-state index contributed by atoms with van der Waals surface area (Å²) < 4.78 is 0. The van der Waals surface area contributed by atoms with Crippen molar-refractivity contribution in [1.29, 1.82) is 0 Å². The van der Waals surface area contributed by atoms with E-state index in [1.165, 1.54) is 0 Å². The first-order chi connectivity index (χ1) is 7.06. The van der Waals surface area contributed by atoms with Gasteiger partial charge in [-0.15, -0.1) is 0 Å². The fourth-order valence-electron chi connectivity index (χ4n) is 1.49. The number of aromatic nitrogens is 2. The highest BCUT2D eigenvalue weighted by Gasteiger charge is 2.30. The Kier molecular flexibility index (Phi) is 2.93. The van der Waals surface area contributed by atoms with Crippen LogP contribution in [0.4, 0.5) is 5.95 Å². The molecule has 6 heteroatoms. The number of carbonyl (C=O) groups excluding carboxylic acids is 1. The Bertz CT molecular complexity index is 392. The molecule has 1 saturated heterocycles. The maximum absolute atomic E-state index is 11.6. The topological polar surface area (TPSA) is 46.1 Å². The van der Waals surface area contributed by atoms with Gasteiger partial charge in [0.15, 0.2) is 0 Å². The third-order valence-corrected chi connectivity index (χ3v) is 2.94. The average Bonchev–Trinajstić information content (AvgIpc) is 2.43. The summed E-state index contributed by atoms with van der Waals surface area (Å²) in [5.74, 6) is 0.422. The van der Waals surface area contributed by atoms with Gasteiger partial charge in [0.2, 0.25) is 11.9 Å². The lowest BCUT2D eigenvalue weighted by Crippen LogP contribution is -2.26. The summed E-state index contributed by atoms with van der Waals surface area (Å²) in [6.07, 6.45) is 0.481. The first kappa shape index (κ1) is 10.8. The molecule has 15 heavy (non-hydrogen) atoms. The quantitative estimate of drug-likeness (QED) is 0.586. The molecular weight excluding hydrogens is 281 g/mol. The van der Waals surface area contributed by atoms with Gasteiger partial charge in [-0.3, -0.25) is 9.69 Å². The van der Waals surface area contributed by atoms with Crippen molar-refractivity contribution in [2.75, 3.05) is 11.4 Å². The smallest absolute Gasteiger partial charge is 0.233 e. The standard InChI is InChI=1S/C9H9BrClN3O/c1-5-2-7(11)13-9(12-5)14-4-6(10)3-8(14)15/h2,6H,3-4H2,1H3. The van der Waals surface area contributed by atoms with Crippen LogP contribution in [0.1, 0.15) is 12.1 Å². The van der Waals surface area contributed by atoms with Crippen molar-refractivity contribution in [3.8, 4) is 0 Å². The monoisotopic (exact) mass is 289 g/mol. The molecule has 0 radical (unpaired) electrons. The van der Waals surface area contributed by atoms with Crippen molar-refractivity contribution in [1.82, 2.24) is 9.97 Å². The van der Waals surface area contributed by atoms with Crippen LogP contribution >= 0.6 is 27.5 Å².